The Kier molecular flexibility index (Phi) is 3.97. The fourth-order valence-corrected chi connectivity index (χ4v) is 1.59. The third-order valence-electron chi connectivity index (χ3n) is 2.61. The van der Waals surface area contributed by atoms with Crippen LogP contribution in [-0.4, -0.2) is 38.3 Å². The van der Waals surface area contributed by atoms with Crippen molar-refractivity contribution in [2.75, 3.05) is 20.2 Å². The highest BCUT2D eigenvalue weighted by Gasteiger charge is 2.25. The van der Waals surface area contributed by atoms with E-state index in [1.54, 1.807) is 7.11 Å². The molecular weight excluding hydrogens is 190 g/mol. The fraction of sp³-hybridized carbons (Fsp3) is 0.909. The number of ether oxygens (including phenoxy) is 1. The summed E-state index contributed by atoms with van der Waals surface area (Å²) in [5, 5.41) is 6.55. The standard InChI is InChI=1S/C11H23N3O/c1-8-6-12-10(14-8)13-7-9(15-5)11(2,3)4/h8-9H,6-7H2,1-5H3,(H2,12,13,14). The molecule has 0 aliphatic carbocycles. The number of aliphatic imine (C=N–C) groups is 1. The van der Waals surface area contributed by atoms with E-state index in [4.69, 9.17) is 4.74 Å². The van der Waals surface area contributed by atoms with Gasteiger partial charge in [-0.2, -0.15) is 0 Å². The molecule has 0 fully saturated rings. The van der Waals surface area contributed by atoms with E-state index in [1.165, 1.54) is 0 Å². The minimum Gasteiger partial charge on any atom is -0.379 e. The molecule has 0 radical (unpaired) electrons. The number of methoxy groups -OCH3 is 1. The van der Waals surface area contributed by atoms with Crippen molar-refractivity contribution >= 4 is 5.96 Å². The second-order valence-corrected chi connectivity index (χ2v) is 5.21. The van der Waals surface area contributed by atoms with Gasteiger partial charge in [-0.25, -0.2) is 0 Å². The van der Waals surface area contributed by atoms with Crippen LogP contribution in [0.15, 0.2) is 4.99 Å². The SMILES string of the molecule is COC(CNC1=NCC(C)N1)C(C)(C)C. The summed E-state index contributed by atoms with van der Waals surface area (Å²) in [4.78, 5) is 4.34. The normalized spacial score (nSPS) is 23.3. The number of guanidine groups is 1. The van der Waals surface area contributed by atoms with Gasteiger partial charge >= 0.3 is 0 Å². The largest absolute Gasteiger partial charge is 0.379 e. The lowest BCUT2D eigenvalue weighted by Gasteiger charge is -2.29. The summed E-state index contributed by atoms with van der Waals surface area (Å²) in [5.41, 5.74) is 0.145. The van der Waals surface area contributed by atoms with Crippen LogP contribution in [0.5, 0.6) is 0 Å². The number of hydrogen-bond donors (Lipinski definition) is 2. The first-order valence-electron chi connectivity index (χ1n) is 5.51. The molecule has 1 aliphatic rings. The Hall–Kier alpha value is -0.770. The van der Waals surface area contributed by atoms with Crippen LogP contribution in [0.1, 0.15) is 27.7 Å². The van der Waals surface area contributed by atoms with Crippen molar-refractivity contribution in [3.8, 4) is 0 Å². The molecule has 88 valence electrons. The van der Waals surface area contributed by atoms with Crippen molar-refractivity contribution in [3.05, 3.63) is 0 Å². The monoisotopic (exact) mass is 213 g/mol. The van der Waals surface area contributed by atoms with E-state index in [0.717, 1.165) is 19.0 Å². The third kappa shape index (κ3) is 3.70. The van der Waals surface area contributed by atoms with Gasteiger partial charge in [0.25, 0.3) is 0 Å². The molecule has 0 aromatic heterocycles. The summed E-state index contributed by atoms with van der Waals surface area (Å²) in [7, 11) is 1.75. The predicted octanol–water partition coefficient (Wildman–Crippen LogP) is 0.985. The number of hydrogen-bond acceptors (Lipinski definition) is 4. The van der Waals surface area contributed by atoms with Gasteiger partial charge in [-0.15, -0.1) is 0 Å². The topological polar surface area (TPSA) is 45.6 Å². The van der Waals surface area contributed by atoms with E-state index in [-0.39, 0.29) is 11.5 Å². The highest BCUT2D eigenvalue weighted by Crippen LogP contribution is 2.20. The highest BCUT2D eigenvalue weighted by molar-refractivity contribution is 5.81. The zero-order chi connectivity index (χ0) is 11.5. The van der Waals surface area contributed by atoms with Crippen molar-refractivity contribution in [3.63, 3.8) is 0 Å². The molecule has 0 saturated heterocycles. The lowest BCUT2D eigenvalue weighted by molar-refractivity contribution is 0.0205. The Morgan fingerprint density at radius 1 is 1.60 bits per heavy atom. The van der Waals surface area contributed by atoms with Gasteiger partial charge in [0.15, 0.2) is 5.96 Å². The van der Waals surface area contributed by atoms with Crippen LogP contribution in [0, 0.1) is 5.41 Å². The van der Waals surface area contributed by atoms with E-state index in [1.807, 2.05) is 0 Å². The molecular formula is C11H23N3O. The predicted molar refractivity (Wildman–Crippen MR) is 63.2 cm³/mol. The lowest BCUT2D eigenvalue weighted by Crippen LogP contribution is -2.45. The van der Waals surface area contributed by atoms with Gasteiger partial charge in [-0.05, 0) is 12.3 Å². The summed E-state index contributed by atoms with van der Waals surface area (Å²) >= 11 is 0. The highest BCUT2D eigenvalue weighted by atomic mass is 16.5. The lowest BCUT2D eigenvalue weighted by atomic mass is 9.89. The molecule has 1 aliphatic heterocycles. The molecule has 0 amide bonds. The second kappa shape index (κ2) is 4.84. The van der Waals surface area contributed by atoms with Gasteiger partial charge in [0.1, 0.15) is 0 Å². The van der Waals surface area contributed by atoms with Gasteiger partial charge in [0.2, 0.25) is 0 Å². The molecule has 1 heterocycles. The van der Waals surface area contributed by atoms with Crippen LogP contribution >= 0.6 is 0 Å². The van der Waals surface area contributed by atoms with Gasteiger partial charge in [-0.3, -0.25) is 4.99 Å². The quantitative estimate of drug-likeness (QED) is 0.735. The maximum Gasteiger partial charge on any atom is 0.191 e. The molecule has 2 N–H and O–H groups in total. The van der Waals surface area contributed by atoms with Crippen LogP contribution in [0.25, 0.3) is 0 Å². The summed E-state index contributed by atoms with van der Waals surface area (Å²) in [6, 6.07) is 0.447. The van der Waals surface area contributed by atoms with E-state index < -0.39 is 0 Å². The summed E-state index contributed by atoms with van der Waals surface area (Å²) in [5.74, 6) is 0.897. The molecule has 1 rings (SSSR count). The van der Waals surface area contributed by atoms with Crippen molar-refractivity contribution in [2.24, 2.45) is 10.4 Å². The fourth-order valence-electron chi connectivity index (χ4n) is 1.59. The van der Waals surface area contributed by atoms with Crippen molar-refractivity contribution in [1.29, 1.82) is 0 Å². The van der Waals surface area contributed by atoms with E-state index >= 15 is 0 Å². The molecule has 0 aromatic carbocycles. The van der Waals surface area contributed by atoms with Crippen molar-refractivity contribution < 1.29 is 4.74 Å². The molecule has 4 nitrogen and oxygen atoms in total. The molecule has 2 unspecified atom stereocenters. The van der Waals surface area contributed by atoms with E-state index in [0.29, 0.717) is 6.04 Å². The number of nitrogens with one attached hydrogen (secondary N) is 2. The van der Waals surface area contributed by atoms with E-state index in [2.05, 4.69) is 43.3 Å². The van der Waals surface area contributed by atoms with E-state index in [9.17, 15) is 0 Å². The zero-order valence-electron chi connectivity index (χ0n) is 10.4. The Labute approximate surface area is 92.5 Å². The Morgan fingerprint density at radius 2 is 2.27 bits per heavy atom. The van der Waals surface area contributed by atoms with Gasteiger partial charge < -0.3 is 15.4 Å². The van der Waals surface area contributed by atoms with Gasteiger partial charge in [0.05, 0.1) is 12.6 Å². The van der Waals surface area contributed by atoms with Gasteiger partial charge in [-0.1, -0.05) is 20.8 Å². The minimum absolute atomic E-state index is 0.145. The molecule has 4 heteroatoms. The van der Waals surface area contributed by atoms with Crippen LogP contribution in [-0.2, 0) is 4.74 Å². The van der Waals surface area contributed by atoms with Gasteiger partial charge in [0, 0.05) is 19.7 Å². The van der Waals surface area contributed by atoms with Crippen LogP contribution in [0.4, 0.5) is 0 Å². The molecule has 0 aromatic rings. The first-order chi connectivity index (χ1) is 6.93. The average Bonchev–Trinajstić information content (AvgIpc) is 2.50. The molecule has 0 spiro atoms. The number of nitrogens with zero attached hydrogens (tertiary/aromatic N) is 1. The molecule has 15 heavy (non-hydrogen) atoms. The summed E-state index contributed by atoms with van der Waals surface area (Å²) in [6.45, 7) is 10.3. The maximum atomic E-state index is 5.46. The smallest absolute Gasteiger partial charge is 0.191 e. The van der Waals surface area contributed by atoms with Crippen LogP contribution in [0.3, 0.4) is 0 Å². The molecule has 0 saturated carbocycles. The van der Waals surface area contributed by atoms with Crippen LogP contribution < -0.4 is 10.6 Å². The molecule has 2 atom stereocenters. The van der Waals surface area contributed by atoms with Crippen LogP contribution in [0.2, 0.25) is 0 Å². The first kappa shape index (κ1) is 12.3. The Morgan fingerprint density at radius 3 is 2.67 bits per heavy atom. The second-order valence-electron chi connectivity index (χ2n) is 5.21. The molecule has 0 bridgehead atoms. The summed E-state index contributed by atoms with van der Waals surface area (Å²) in [6.07, 6.45) is 0.193. The van der Waals surface area contributed by atoms with Crippen molar-refractivity contribution in [2.45, 2.75) is 39.8 Å². The maximum absolute atomic E-state index is 5.46. The Bertz CT molecular complexity index is 232. The zero-order valence-corrected chi connectivity index (χ0v) is 10.4. The minimum atomic E-state index is 0.145. The number of rotatable bonds is 3. The third-order valence-corrected chi connectivity index (χ3v) is 2.61. The summed E-state index contributed by atoms with van der Waals surface area (Å²) < 4.78 is 5.46. The Balaban J connectivity index is 2.35. The average molecular weight is 213 g/mol. The van der Waals surface area contributed by atoms with Crippen molar-refractivity contribution in [1.82, 2.24) is 10.6 Å². The first-order valence-corrected chi connectivity index (χ1v) is 5.51.